The van der Waals surface area contributed by atoms with E-state index in [9.17, 15) is 4.79 Å². The van der Waals surface area contributed by atoms with E-state index in [0.717, 1.165) is 33.7 Å². The summed E-state index contributed by atoms with van der Waals surface area (Å²) in [5.41, 5.74) is 5.43. The van der Waals surface area contributed by atoms with Crippen LogP contribution in [0.15, 0.2) is 18.2 Å². The number of amides is 1. The van der Waals surface area contributed by atoms with E-state index in [0.29, 0.717) is 18.0 Å². The van der Waals surface area contributed by atoms with Crippen LogP contribution in [0.3, 0.4) is 0 Å². The van der Waals surface area contributed by atoms with Gasteiger partial charge in [0, 0.05) is 18.7 Å². The quantitative estimate of drug-likeness (QED) is 0.762. The molecule has 1 N–H and O–H groups in total. The highest BCUT2D eigenvalue weighted by Crippen LogP contribution is 2.28. The van der Waals surface area contributed by atoms with E-state index >= 15 is 0 Å². The minimum absolute atomic E-state index is 0.00485. The fraction of sp³-hybridized carbons (Fsp3) is 0.389. The van der Waals surface area contributed by atoms with Crippen molar-refractivity contribution in [3.8, 4) is 0 Å². The summed E-state index contributed by atoms with van der Waals surface area (Å²) in [7, 11) is 0. The monoisotopic (exact) mass is 342 g/mol. The van der Waals surface area contributed by atoms with Crippen molar-refractivity contribution >= 4 is 32.6 Å². The maximum Gasteiger partial charge on any atom is 0.226 e. The summed E-state index contributed by atoms with van der Waals surface area (Å²) in [6.45, 7) is 9.02. The number of aryl methyl sites for hydroxylation is 3. The van der Waals surface area contributed by atoms with E-state index in [1.165, 1.54) is 16.9 Å². The number of para-hydroxylation sites is 1. The molecule has 0 saturated heterocycles. The zero-order valence-corrected chi connectivity index (χ0v) is 15.3. The Labute approximate surface area is 145 Å². The third kappa shape index (κ3) is 3.19. The SMILES string of the molecule is CCn1nc(C)c(CCC(=O)Nc2nc3c(C)cccc3s2)c1C. The molecule has 0 atom stereocenters. The molecule has 0 fully saturated rings. The number of benzene rings is 1. The zero-order valence-electron chi connectivity index (χ0n) is 14.5. The molecule has 0 saturated carbocycles. The number of carbonyl (C=O) groups is 1. The first-order valence-electron chi connectivity index (χ1n) is 8.18. The number of hydrogen-bond donors (Lipinski definition) is 1. The predicted octanol–water partition coefficient (Wildman–Crippen LogP) is 4.01. The van der Waals surface area contributed by atoms with Gasteiger partial charge < -0.3 is 5.32 Å². The van der Waals surface area contributed by atoms with Gasteiger partial charge in [0.05, 0.1) is 15.9 Å². The van der Waals surface area contributed by atoms with Gasteiger partial charge in [0.1, 0.15) is 0 Å². The molecule has 1 aromatic carbocycles. The Balaban J connectivity index is 1.67. The summed E-state index contributed by atoms with van der Waals surface area (Å²) in [5, 5.41) is 8.10. The number of anilines is 1. The average Bonchev–Trinajstić information content (AvgIpc) is 3.07. The largest absolute Gasteiger partial charge is 0.302 e. The minimum Gasteiger partial charge on any atom is -0.302 e. The number of nitrogens with one attached hydrogen (secondary N) is 1. The van der Waals surface area contributed by atoms with Gasteiger partial charge in [-0.15, -0.1) is 0 Å². The first-order chi connectivity index (χ1) is 11.5. The van der Waals surface area contributed by atoms with E-state index in [1.807, 2.05) is 36.7 Å². The van der Waals surface area contributed by atoms with Crippen molar-refractivity contribution in [2.75, 3.05) is 5.32 Å². The van der Waals surface area contributed by atoms with E-state index in [1.54, 1.807) is 0 Å². The first kappa shape index (κ1) is 16.6. The summed E-state index contributed by atoms with van der Waals surface area (Å²) >= 11 is 1.52. The van der Waals surface area contributed by atoms with Crippen molar-refractivity contribution in [2.45, 2.75) is 47.1 Å². The first-order valence-corrected chi connectivity index (χ1v) is 9.00. The van der Waals surface area contributed by atoms with Crippen LogP contribution < -0.4 is 5.32 Å². The predicted molar refractivity (Wildman–Crippen MR) is 98.7 cm³/mol. The number of thiazole rings is 1. The van der Waals surface area contributed by atoms with E-state index in [4.69, 9.17) is 0 Å². The molecule has 2 heterocycles. The number of rotatable bonds is 5. The van der Waals surface area contributed by atoms with Crippen LogP contribution in [0.1, 0.15) is 35.9 Å². The van der Waals surface area contributed by atoms with Crippen molar-refractivity contribution < 1.29 is 4.79 Å². The second-order valence-electron chi connectivity index (χ2n) is 5.95. The van der Waals surface area contributed by atoms with Crippen molar-refractivity contribution in [1.82, 2.24) is 14.8 Å². The third-order valence-electron chi connectivity index (χ3n) is 4.30. The molecular formula is C18H22N4OS. The smallest absolute Gasteiger partial charge is 0.226 e. The molecule has 0 radical (unpaired) electrons. The Morgan fingerprint density at radius 3 is 2.75 bits per heavy atom. The maximum absolute atomic E-state index is 12.3. The number of hydrogen-bond acceptors (Lipinski definition) is 4. The third-order valence-corrected chi connectivity index (χ3v) is 5.24. The van der Waals surface area contributed by atoms with Crippen molar-refractivity contribution in [3.05, 3.63) is 40.7 Å². The van der Waals surface area contributed by atoms with Gasteiger partial charge in [-0.1, -0.05) is 23.5 Å². The Morgan fingerprint density at radius 1 is 1.29 bits per heavy atom. The molecule has 24 heavy (non-hydrogen) atoms. The highest BCUT2D eigenvalue weighted by molar-refractivity contribution is 7.22. The fourth-order valence-corrected chi connectivity index (χ4v) is 3.92. The molecule has 0 spiro atoms. The van der Waals surface area contributed by atoms with Crippen LogP contribution in [-0.2, 0) is 17.8 Å². The number of carbonyl (C=O) groups excluding carboxylic acids is 1. The minimum atomic E-state index is -0.00485. The fourth-order valence-electron chi connectivity index (χ4n) is 2.96. The van der Waals surface area contributed by atoms with Crippen LogP contribution in [-0.4, -0.2) is 20.7 Å². The van der Waals surface area contributed by atoms with Gasteiger partial charge in [-0.3, -0.25) is 9.48 Å². The summed E-state index contributed by atoms with van der Waals surface area (Å²) in [4.78, 5) is 16.8. The molecule has 3 aromatic rings. The van der Waals surface area contributed by atoms with Crippen molar-refractivity contribution in [1.29, 1.82) is 0 Å². The lowest BCUT2D eigenvalue weighted by Crippen LogP contribution is -2.12. The molecular weight excluding hydrogens is 320 g/mol. The van der Waals surface area contributed by atoms with E-state index in [2.05, 4.69) is 29.2 Å². The van der Waals surface area contributed by atoms with Gasteiger partial charge in [-0.05, 0) is 51.3 Å². The number of aromatic nitrogens is 3. The van der Waals surface area contributed by atoms with Crippen LogP contribution in [0.25, 0.3) is 10.2 Å². The Morgan fingerprint density at radius 2 is 2.08 bits per heavy atom. The molecule has 0 bridgehead atoms. The molecule has 0 aliphatic rings. The molecule has 0 unspecified atom stereocenters. The van der Waals surface area contributed by atoms with Crippen LogP contribution >= 0.6 is 11.3 Å². The Bertz CT molecular complexity index is 894. The van der Waals surface area contributed by atoms with Gasteiger partial charge in [-0.25, -0.2) is 4.98 Å². The second kappa shape index (κ2) is 6.73. The van der Waals surface area contributed by atoms with Crippen LogP contribution in [0.4, 0.5) is 5.13 Å². The molecule has 0 aliphatic carbocycles. The number of nitrogens with zero attached hydrogens (tertiary/aromatic N) is 3. The summed E-state index contributed by atoms with van der Waals surface area (Å²) in [6.07, 6.45) is 1.14. The summed E-state index contributed by atoms with van der Waals surface area (Å²) in [5.74, 6) is -0.00485. The molecule has 1 amide bonds. The normalized spacial score (nSPS) is 11.2. The summed E-state index contributed by atoms with van der Waals surface area (Å²) < 4.78 is 3.08. The molecule has 2 aromatic heterocycles. The van der Waals surface area contributed by atoms with Gasteiger partial charge in [-0.2, -0.15) is 5.10 Å². The molecule has 5 nitrogen and oxygen atoms in total. The Kier molecular flexibility index (Phi) is 4.66. The zero-order chi connectivity index (χ0) is 17.3. The maximum atomic E-state index is 12.3. The molecule has 0 aliphatic heterocycles. The van der Waals surface area contributed by atoms with E-state index < -0.39 is 0 Å². The van der Waals surface area contributed by atoms with Crippen LogP contribution in [0.5, 0.6) is 0 Å². The van der Waals surface area contributed by atoms with Crippen molar-refractivity contribution in [3.63, 3.8) is 0 Å². The lowest BCUT2D eigenvalue weighted by molar-refractivity contribution is -0.116. The standard InChI is InChI=1S/C18H22N4OS/c1-5-22-13(4)14(12(3)21-22)9-10-16(23)19-18-20-17-11(2)7-6-8-15(17)24-18/h6-8H,5,9-10H2,1-4H3,(H,19,20,23). The van der Waals surface area contributed by atoms with Gasteiger partial charge in [0.25, 0.3) is 0 Å². The lowest BCUT2D eigenvalue weighted by Gasteiger charge is -2.03. The topological polar surface area (TPSA) is 59.8 Å². The molecule has 3 rings (SSSR count). The second-order valence-corrected chi connectivity index (χ2v) is 6.98. The highest BCUT2D eigenvalue weighted by atomic mass is 32.1. The van der Waals surface area contributed by atoms with Gasteiger partial charge in [0.15, 0.2) is 5.13 Å². The van der Waals surface area contributed by atoms with Gasteiger partial charge in [0.2, 0.25) is 5.91 Å². The Hall–Kier alpha value is -2.21. The number of fused-ring (bicyclic) bond motifs is 1. The average molecular weight is 342 g/mol. The van der Waals surface area contributed by atoms with Gasteiger partial charge >= 0.3 is 0 Å². The molecule has 6 heteroatoms. The van der Waals surface area contributed by atoms with Crippen molar-refractivity contribution in [2.24, 2.45) is 0 Å². The highest BCUT2D eigenvalue weighted by Gasteiger charge is 2.13. The van der Waals surface area contributed by atoms with E-state index in [-0.39, 0.29) is 5.91 Å². The lowest BCUT2D eigenvalue weighted by atomic mass is 10.1. The van der Waals surface area contributed by atoms with Crippen LogP contribution in [0.2, 0.25) is 0 Å². The molecule has 126 valence electrons. The van der Waals surface area contributed by atoms with Crippen LogP contribution in [0, 0.1) is 20.8 Å². The summed E-state index contributed by atoms with van der Waals surface area (Å²) in [6, 6.07) is 6.07.